The molecule has 1 aliphatic rings. The first kappa shape index (κ1) is 18.9. The minimum atomic E-state index is -3.85. The molecule has 0 saturated carbocycles. The number of fused-ring (bicyclic) bond motifs is 1. The molecule has 0 saturated heterocycles. The Labute approximate surface area is 163 Å². The molecule has 0 atom stereocenters. The van der Waals surface area contributed by atoms with Crippen LogP contribution in [0.4, 0.5) is 4.39 Å². The van der Waals surface area contributed by atoms with Crippen molar-refractivity contribution in [3.05, 3.63) is 53.7 Å². The summed E-state index contributed by atoms with van der Waals surface area (Å²) < 4.78 is 43.7. The summed E-state index contributed by atoms with van der Waals surface area (Å²) in [6.07, 6.45) is 6.05. The van der Waals surface area contributed by atoms with Gasteiger partial charge in [0.15, 0.2) is 0 Å². The van der Waals surface area contributed by atoms with Crippen LogP contribution >= 0.6 is 0 Å². The Kier molecular flexibility index (Phi) is 4.63. The van der Waals surface area contributed by atoms with Crippen LogP contribution in [0.1, 0.15) is 24.6 Å². The summed E-state index contributed by atoms with van der Waals surface area (Å²) in [5, 5.41) is 4.88. The lowest BCUT2D eigenvalue weighted by Gasteiger charge is -2.21. The number of hydrogen-bond acceptors (Lipinski definition) is 4. The average Bonchev–Trinajstić information content (AvgIpc) is 3.23. The molecule has 0 fully saturated rings. The minimum Gasteiger partial charge on any atom is -0.302 e. The Hall–Kier alpha value is -2.45. The van der Waals surface area contributed by atoms with E-state index in [2.05, 4.69) is 16.1 Å². The molecular formula is C20H23FN4O2S. The summed E-state index contributed by atoms with van der Waals surface area (Å²) in [4.78, 5) is 2.35. The molecule has 8 heteroatoms. The van der Waals surface area contributed by atoms with Gasteiger partial charge in [-0.15, -0.1) is 0 Å². The van der Waals surface area contributed by atoms with Crippen LogP contribution in [-0.4, -0.2) is 47.2 Å². The summed E-state index contributed by atoms with van der Waals surface area (Å²) >= 11 is 0. The van der Waals surface area contributed by atoms with Gasteiger partial charge in [-0.2, -0.15) is 5.10 Å². The Morgan fingerprint density at radius 2 is 2.04 bits per heavy atom. The second-order valence-electron chi connectivity index (χ2n) is 7.18. The van der Waals surface area contributed by atoms with E-state index in [1.807, 2.05) is 14.0 Å². The Morgan fingerprint density at radius 3 is 2.68 bits per heavy atom. The zero-order chi connectivity index (χ0) is 20.1. The second kappa shape index (κ2) is 6.86. The van der Waals surface area contributed by atoms with Crippen molar-refractivity contribution < 1.29 is 12.8 Å². The highest BCUT2D eigenvalue weighted by atomic mass is 32.2. The van der Waals surface area contributed by atoms with Crippen LogP contribution < -0.4 is 0 Å². The van der Waals surface area contributed by atoms with Crippen molar-refractivity contribution in [3.63, 3.8) is 0 Å². The Morgan fingerprint density at radius 1 is 1.25 bits per heavy atom. The zero-order valence-electron chi connectivity index (χ0n) is 16.2. The molecule has 1 aliphatic heterocycles. The van der Waals surface area contributed by atoms with Gasteiger partial charge in [0, 0.05) is 43.0 Å². The largest absolute Gasteiger partial charge is 0.302 e. The van der Waals surface area contributed by atoms with Crippen LogP contribution in [-0.2, 0) is 16.6 Å². The maximum Gasteiger partial charge on any atom is 0.271 e. The van der Waals surface area contributed by atoms with Crippen molar-refractivity contribution in [2.45, 2.75) is 31.7 Å². The Balaban J connectivity index is 1.94. The maximum atomic E-state index is 14.0. The summed E-state index contributed by atoms with van der Waals surface area (Å²) in [5.74, 6) is -0.382. The topological polar surface area (TPSA) is 60.1 Å². The highest BCUT2D eigenvalue weighted by Crippen LogP contribution is 2.33. The normalized spacial score (nSPS) is 15.9. The van der Waals surface area contributed by atoms with Crippen LogP contribution in [0.25, 0.3) is 16.5 Å². The molecule has 3 aromatic rings. The van der Waals surface area contributed by atoms with Crippen molar-refractivity contribution >= 4 is 26.5 Å². The fourth-order valence-electron chi connectivity index (χ4n) is 3.66. The molecule has 2 aromatic heterocycles. The molecule has 3 heterocycles. The van der Waals surface area contributed by atoms with E-state index in [4.69, 9.17) is 0 Å². The van der Waals surface area contributed by atoms with Gasteiger partial charge < -0.3 is 4.90 Å². The first-order chi connectivity index (χ1) is 13.3. The van der Waals surface area contributed by atoms with Crippen LogP contribution in [0, 0.1) is 12.7 Å². The van der Waals surface area contributed by atoms with Gasteiger partial charge >= 0.3 is 0 Å². The number of benzene rings is 1. The van der Waals surface area contributed by atoms with Crippen molar-refractivity contribution in [1.29, 1.82) is 0 Å². The third-order valence-corrected chi connectivity index (χ3v) is 7.03. The zero-order valence-corrected chi connectivity index (χ0v) is 17.0. The van der Waals surface area contributed by atoms with Crippen LogP contribution in [0.3, 0.4) is 0 Å². The predicted molar refractivity (Wildman–Crippen MR) is 107 cm³/mol. The maximum absolute atomic E-state index is 14.0. The number of aryl methyl sites for hydroxylation is 2. The quantitative estimate of drug-likeness (QED) is 0.672. The molecule has 148 valence electrons. The third kappa shape index (κ3) is 3.06. The molecule has 0 spiro atoms. The first-order valence-corrected chi connectivity index (χ1v) is 10.7. The molecule has 0 radical (unpaired) electrons. The standard InChI is InChI=1S/C20H23FN4O2S/c1-4-24-13-20(14(2)22-24)28(26,27)25-12-18(15-7-9-23(3)10-8-15)17-11-16(21)5-6-19(17)25/h5-7,11-13H,4,8-10H2,1-3H3. The molecule has 28 heavy (non-hydrogen) atoms. The van der Waals surface area contributed by atoms with Crippen LogP contribution in [0.2, 0.25) is 0 Å². The summed E-state index contributed by atoms with van der Waals surface area (Å²) in [6, 6.07) is 4.24. The fourth-order valence-corrected chi connectivity index (χ4v) is 5.21. The fraction of sp³-hybridized carbons (Fsp3) is 0.350. The minimum absolute atomic E-state index is 0.166. The summed E-state index contributed by atoms with van der Waals surface area (Å²) in [5.41, 5.74) is 2.74. The van der Waals surface area contributed by atoms with Crippen molar-refractivity contribution in [3.8, 4) is 0 Å². The molecular weight excluding hydrogens is 379 g/mol. The predicted octanol–water partition coefficient (Wildman–Crippen LogP) is 3.26. The van der Waals surface area contributed by atoms with Gasteiger partial charge in [-0.25, -0.2) is 16.8 Å². The summed E-state index contributed by atoms with van der Waals surface area (Å²) in [6.45, 7) is 5.83. The average molecular weight is 402 g/mol. The lowest BCUT2D eigenvalue weighted by Crippen LogP contribution is -2.23. The number of halogens is 1. The summed E-state index contributed by atoms with van der Waals surface area (Å²) in [7, 11) is -1.82. The van der Waals surface area contributed by atoms with Crippen molar-refractivity contribution in [2.75, 3.05) is 20.1 Å². The highest BCUT2D eigenvalue weighted by Gasteiger charge is 2.26. The SMILES string of the molecule is CCn1cc(S(=O)(=O)n2cc(C3=CCN(C)CC3)c3cc(F)ccc32)c(C)n1. The molecule has 0 aliphatic carbocycles. The Bertz CT molecular complexity index is 1190. The van der Waals surface area contributed by atoms with Gasteiger partial charge in [0.05, 0.1) is 11.2 Å². The lowest BCUT2D eigenvalue weighted by molar-refractivity contribution is 0.370. The van der Waals surface area contributed by atoms with E-state index in [0.717, 1.165) is 30.6 Å². The van der Waals surface area contributed by atoms with E-state index in [0.29, 0.717) is 23.1 Å². The van der Waals surface area contributed by atoms with E-state index in [1.165, 1.54) is 22.2 Å². The first-order valence-electron chi connectivity index (χ1n) is 9.29. The number of rotatable bonds is 4. The molecule has 4 rings (SSSR count). The monoisotopic (exact) mass is 402 g/mol. The van der Waals surface area contributed by atoms with E-state index in [-0.39, 0.29) is 10.7 Å². The molecule has 6 nitrogen and oxygen atoms in total. The van der Waals surface area contributed by atoms with Gasteiger partial charge in [0.1, 0.15) is 10.7 Å². The van der Waals surface area contributed by atoms with E-state index in [9.17, 15) is 12.8 Å². The van der Waals surface area contributed by atoms with Gasteiger partial charge in [0.2, 0.25) is 0 Å². The molecule has 0 bridgehead atoms. The molecule has 0 unspecified atom stereocenters. The van der Waals surface area contributed by atoms with E-state index < -0.39 is 10.0 Å². The van der Waals surface area contributed by atoms with Crippen LogP contribution in [0.5, 0.6) is 0 Å². The van der Waals surface area contributed by atoms with Gasteiger partial charge in [-0.05, 0) is 51.1 Å². The van der Waals surface area contributed by atoms with Gasteiger partial charge in [0.25, 0.3) is 10.0 Å². The lowest BCUT2D eigenvalue weighted by atomic mass is 9.99. The second-order valence-corrected chi connectivity index (χ2v) is 8.96. The van der Waals surface area contributed by atoms with Crippen LogP contribution in [0.15, 0.2) is 41.6 Å². The number of aromatic nitrogens is 3. The van der Waals surface area contributed by atoms with Crippen molar-refractivity contribution in [2.24, 2.45) is 0 Å². The third-order valence-electron chi connectivity index (χ3n) is 5.25. The number of hydrogen-bond donors (Lipinski definition) is 0. The number of likely N-dealkylation sites (N-methyl/N-ethyl adjacent to an activating group) is 1. The van der Waals surface area contributed by atoms with Gasteiger partial charge in [-0.3, -0.25) is 4.68 Å². The molecule has 0 N–H and O–H groups in total. The van der Waals surface area contributed by atoms with E-state index in [1.54, 1.807) is 24.0 Å². The van der Waals surface area contributed by atoms with Crippen molar-refractivity contribution in [1.82, 2.24) is 18.7 Å². The smallest absolute Gasteiger partial charge is 0.271 e. The van der Waals surface area contributed by atoms with Gasteiger partial charge in [-0.1, -0.05) is 6.08 Å². The van der Waals surface area contributed by atoms with E-state index >= 15 is 0 Å². The molecule has 1 aromatic carbocycles. The molecule has 0 amide bonds. The number of nitrogens with zero attached hydrogens (tertiary/aromatic N) is 4. The highest BCUT2D eigenvalue weighted by molar-refractivity contribution is 7.90.